The number of hydrogen-bond acceptors (Lipinski definition) is 6. The average molecular weight is 377 g/mol. The van der Waals surface area contributed by atoms with E-state index in [2.05, 4.69) is 38.3 Å². The largest absolute Gasteiger partial charge is 0.359 e. The minimum Gasteiger partial charge on any atom is -0.359 e. The monoisotopic (exact) mass is 377 g/mol. The van der Waals surface area contributed by atoms with Crippen LogP contribution in [0.4, 0.5) is 5.82 Å². The highest BCUT2D eigenvalue weighted by Gasteiger charge is 2.18. The van der Waals surface area contributed by atoms with Gasteiger partial charge in [0, 0.05) is 43.7 Å². The fourth-order valence-corrected chi connectivity index (χ4v) is 3.35. The van der Waals surface area contributed by atoms with Crippen molar-refractivity contribution in [3.8, 4) is 0 Å². The molecule has 4 heterocycles. The van der Waals surface area contributed by atoms with Gasteiger partial charge in [-0.05, 0) is 30.2 Å². The van der Waals surface area contributed by atoms with Crippen molar-refractivity contribution in [3.05, 3.63) is 71.0 Å². The molecule has 0 bridgehead atoms. The summed E-state index contributed by atoms with van der Waals surface area (Å²) in [6, 6.07) is 9.65. The van der Waals surface area contributed by atoms with E-state index in [9.17, 15) is 4.79 Å². The summed E-state index contributed by atoms with van der Waals surface area (Å²) in [5, 5.41) is 6.84. The molecule has 0 radical (unpaired) electrons. The number of rotatable bonds is 6. The molecular weight excluding hydrogens is 354 g/mol. The molecule has 0 spiro atoms. The predicted molar refractivity (Wildman–Crippen MR) is 105 cm³/mol. The van der Waals surface area contributed by atoms with Gasteiger partial charge in [-0.1, -0.05) is 24.6 Å². The fraction of sp³-hybridized carbons (Fsp3) is 0.333. The molecule has 1 aliphatic heterocycles. The van der Waals surface area contributed by atoms with Crippen LogP contribution in [0.5, 0.6) is 0 Å². The smallest absolute Gasteiger partial charge is 0.253 e. The third kappa shape index (κ3) is 4.03. The zero-order valence-electron chi connectivity index (χ0n) is 15.9. The molecular formula is C21H23N5O2. The minimum atomic E-state index is -0.180. The molecule has 7 nitrogen and oxygen atoms in total. The number of aromatic nitrogens is 3. The number of carbonyl (C=O) groups excluding carboxylic acids is 1. The number of nitrogens with one attached hydrogen (secondary N) is 1. The molecule has 28 heavy (non-hydrogen) atoms. The number of fused-ring (bicyclic) bond motifs is 1. The van der Waals surface area contributed by atoms with E-state index in [1.807, 2.05) is 24.4 Å². The Morgan fingerprint density at radius 1 is 1.29 bits per heavy atom. The Labute approximate surface area is 163 Å². The predicted octanol–water partition coefficient (Wildman–Crippen LogP) is 2.91. The fourth-order valence-electron chi connectivity index (χ4n) is 3.35. The van der Waals surface area contributed by atoms with Crippen molar-refractivity contribution < 1.29 is 9.32 Å². The first-order chi connectivity index (χ1) is 13.7. The Morgan fingerprint density at radius 3 is 3.04 bits per heavy atom. The van der Waals surface area contributed by atoms with E-state index in [0.717, 1.165) is 49.6 Å². The molecule has 4 rings (SSSR count). The van der Waals surface area contributed by atoms with Crippen LogP contribution in [-0.4, -0.2) is 27.6 Å². The average Bonchev–Trinajstić information content (AvgIpc) is 3.19. The van der Waals surface area contributed by atoms with Gasteiger partial charge in [-0.3, -0.25) is 9.78 Å². The first kappa shape index (κ1) is 18.2. The summed E-state index contributed by atoms with van der Waals surface area (Å²) in [6.45, 7) is 4.06. The molecule has 0 atom stereocenters. The Kier molecular flexibility index (Phi) is 5.32. The Bertz CT molecular complexity index is 951. The molecule has 7 heteroatoms. The molecule has 1 N–H and O–H groups in total. The van der Waals surface area contributed by atoms with Crippen LogP contribution < -0.4 is 10.2 Å². The van der Waals surface area contributed by atoms with Gasteiger partial charge in [-0.2, -0.15) is 0 Å². The van der Waals surface area contributed by atoms with E-state index in [1.54, 1.807) is 12.3 Å². The highest BCUT2D eigenvalue weighted by molar-refractivity contribution is 5.93. The summed E-state index contributed by atoms with van der Waals surface area (Å²) in [4.78, 5) is 23.5. The second kappa shape index (κ2) is 8.21. The first-order valence-corrected chi connectivity index (χ1v) is 9.59. The van der Waals surface area contributed by atoms with Crippen LogP contribution in [-0.2, 0) is 25.9 Å². The van der Waals surface area contributed by atoms with Gasteiger partial charge in [0.1, 0.15) is 5.82 Å². The molecule has 0 aromatic carbocycles. The van der Waals surface area contributed by atoms with Gasteiger partial charge in [0.05, 0.1) is 17.8 Å². The van der Waals surface area contributed by atoms with E-state index < -0.39 is 0 Å². The SMILES string of the molecule is CCCc1cc(CNC(=O)c2ccc(N3CCc4ncccc4C3)nc2)on1. The Morgan fingerprint density at radius 2 is 2.21 bits per heavy atom. The van der Waals surface area contributed by atoms with Gasteiger partial charge in [-0.25, -0.2) is 4.98 Å². The van der Waals surface area contributed by atoms with Crippen molar-refractivity contribution in [1.82, 2.24) is 20.4 Å². The summed E-state index contributed by atoms with van der Waals surface area (Å²) in [7, 11) is 0. The minimum absolute atomic E-state index is 0.180. The van der Waals surface area contributed by atoms with E-state index in [4.69, 9.17) is 4.52 Å². The van der Waals surface area contributed by atoms with Crippen molar-refractivity contribution in [2.24, 2.45) is 0 Å². The van der Waals surface area contributed by atoms with Crippen LogP contribution in [0.2, 0.25) is 0 Å². The number of pyridine rings is 2. The molecule has 0 fully saturated rings. The van der Waals surface area contributed by atoms with Gasteiger partial charge in [0.15, 0.2) is 5.76 Å². The van der Waals surface area contributed by atoms with E-state index >= 15 is 0 Å². The normalized spacial score (nSPS) is 13.2. The van der Waals surface area contributed by atoms with Crippen molar-refractivity contribution in [3.63, 3.8) is 0 Å². The van der Waals surface area contributed by atoms with Crippen molar-refractivity contribution in [2.45, 2.75) is 39.3 Å². The van der Waals surface area contributed by atoms with Crippen LogP contribution in [0.25, 0.3) is 0 Å². The van der Waals surface area contributed by atoms with E-state index in [-0.39, 0.29) is 5.91 Å². The molecule has 144 valence electrons. The van der Waals surface area contributed by atoms with Crippen LogP contribution in [0.3, 0.4) is 0 Å². The lowest BCUT2D eigenvalue weighted by molar-refractivity contribution is 0.0946. The maximum absolute atomic E-state index is 12.4. The van der Waals surface area contributed by atoms with Gasteiger partial charge in [0.2, 0.25) is 0 Å². The Hall–Kier alpha value is -3.22. The lowest BCUT2D eigenvalue weighted by atomic mass is 10.1. The lowest BCUT2D eigenvalue weighted by Gasteiger charge is -2.29. The standard InChI is InChI=1S/C21H23N5O2/c1-2-4-17-11-18(28-25-17)13-24-21(27)15-6-7-20(23-12-15)26-10-8-19-16(14-26)5-3-9-22-19/h3,5-7,9,11-12H,2,4,8,10,13-14H2,1H3,(H,24,27). The molecule has 0 aliphatic carbocycles. The summed E-state index contributed by atoms with van der Waals surface area (Å²) < 4.78 is 5.24. The van der Waals surface area contributed by atoms with Crippen LogP contribution >= 0.6 is 0 Å². The van der Waals surface area contributed by atoms with Gasteiger partial charge >= 0.3 is 0 Å². The maximum Gasteiger partial charge on any atom is 0.253 e. The second-order valence-corrected chi connectivity index (χ2v) is 6.90. The van der Waals surface area contributed by atoms with Crippen LogP contribution in [0, 0.1) is 0 Å². The maximum atomic E-state index is 12.4. The zero-order valence-corrected chi connectivity index (χ0v) is 15.9. The summed E-state index contributed by atoms with van der Waals surface area (Å²) in [6.07, 6.45) is 6.24. The van der Waals surface area contributed by atoms with Crippen LogP contribution in [0.1, 0.15) is 46.4 Å². The number of aryl methyl sites for hydroxylation is 1. The third-order valence-electron chi connectivity index (χ3n) is 4.84. The van der Waals surface area contributed by atoms with E-state index in [1.165, 1.54) is 5.56 Å². The molecule has 0 saturated heterocycles. The number of anilines is 1. The summed E-state index contributed by atoms with van der Waals surface area (Å²) in [5.41, 5.74) is 3.82. The highest BCUT2D eigenvalue weighted by atomic mass is 16.5. The van der Waals surface area contributed by atoms with Crippen molar-refractivity contribution in [2.75, 3.05) is 11.4 Å². The van der Waals surface area contributed by atoms with Gasteiger partial charge in [-0.15, -0.1) is 0 Å². The van der Waals surface area contributed by atoms with Crippen LogP contribution in [0.15, 0.2) is 47.2 Å². The van der Waals surface area contributed by atoms with Gasteiger partial charge in [0.25, 0.3) is 5.91 Å². The quantitative estimate of drug-likeness (QED) is 0.711. The molecule has 3 aromatic rings. The Balaban J connectivity index is 1.35. The molecule has 0 unspecified atom stereocenters. The topological polar surface area (TPSA) is 84.2 Å². The summed E-state index contributed by atoms with van der Waals surface area (Å²) >= 11 is 0. The number of hydrogen-bond donors (Lipinski definition) is 1. The number of carbonyl (C=O) groups is 1. The first-order valence-electron chi connectivity index (χ1n) is 9.59. The zero-order chi connectivity index (χ0) is 19.3. The highest BCUT2D eigenvalue weighted by Crippen LogP contribution is 2.21. The second-order valence-electron chi connectivity index (χ2n) is 6.90. The lowest BCUT2D eigenvalue weighted by Crippen LogP contribution is -2.31. The molecule has 3 aromatic heterocycles. The van der Waals surface area contributed by atoms with Crippen molar-refractivity contribution >= 4 is 11.7 Å². The number of amides is 1. The molecule has 0 saturated carbocycles. The summed E-state index contributed by atoms with van der Waals surface area (Å²) in [5.74, 6) is 1.34. The molecule has 1 aliphatic rings. The van der Waals surface area contributed by atoms with E-state index in [0.29, 0.717) is 17.9 Å². The number of nitrogens with zero attached hydrogens (tertiary/aromatic N) is 4. The van der Waals surface area contributed by atoms with Gasteiger partial charge < -0.3 is 14.7 Å². The molecule has 1 amide bonds. The van der Waals surface area contributed by atoms with Crippen molar-refractivity contribution in [1.29, 1.82) is 0 Å². The third-order valence-corrected chi connectivity index (χ3v) is 4.84.